The summed E-state index contributed by atoms with van der Waals surface area (Å²) in [5.74, 6) is -0.548. The van der Waals surface area contributed by atoms with Crippen LogP contribution >= 0.6 is 0 Å². The van der Waals surface area contributed by atoms with Crippen LogP contribution in [0.15, 0.2) is 16.9 Å². The lowest BCUT2D eigenvalue weighted by Crippen LogP contribution is -2.32. The number of nitrogens with zero attached hydrogens (tertiary/aromatic N) is 1. The Labute approximate surface area is 91.9 Å². The lowest BCUT2D eigenvalue weighted by atomic mass is 9.94. The molecule has 5 heteroatoms. The van der Waals surface area contributed by atoms with E-state index in [1.807, 2.05) is 0 Å². The van der Waals surface area contributed by atoms with Gasteiger partial charge in [-0.2, -0.15) is 0 Å². The average Bonchev–Trinajstić information content (AvgIpc) is 2.22. The standard InChI is InChI=1S/C11H12N2O3/c12-10(15)6-13-8-2-1-3-9(14)7(8)4-5-11(13)16/h4-5H,1-3,6H2,(H2,12,15). The molecule has 16 heavy (non-hydrogen) atoms. The van der Waals surface area contributed by atoms with Gasteiger partial charge in [-0.15, -0.1) is 0 Å². The Morgan fingerprint density at radius 3 is 2.75 bits per heavy atom. The van der Waals surface area contributed by atoms with Crippen molar-refractivity contribution in [1.82, 2.24) is 4.57 Å². The quantitative estimate of drug-likeness (QED) is 0.752. The van der Waals surface area contributed by atoms with E-state index in [1.165, 1.54) is 16.7 Å². The number of aromatic nitrogens is 1. The van der Waals surface area contributed by atoms with Crippen LogP contribution in [0.2, 0.25) is 0 Å². The van der Waals surface area contributed by atoms with Gasteiger partial charge in [0.25, 0.3) is 5.56 Å². The number of rotatable bonds is 2. The van der Waals surface area contributed by atoms with Gasteiger partial charge in [0.05, 0.1) is 0 Å². The van der Waals surface area contributed by atoms with E-state index in [2.05, 4.69) is 0 Å². The van der Waals surface area contributed by atoms with Gasteiger partial charge in [0.1, 0.15) is 6.54 Å². The maximum absolute atomic E-state index is 11.6. The Hall–Kier alpha value is -1.91. The Morgan fingerprint density at radius 1 is 1.31 bits per heavy atom. The highest BCUT2D eigenvalue weighted by molar-refractivity contribution is 5.98. The molecule has 0 atom stereocenters. The summed E-state index contributed by atoms with van der Waals surface area (Å²) in [6.07, 6.45) is 1.86. The summed E-state index contributed by atoms with van der Waals surface area (Å²) >= 11 is 0. The van der Waals surface area contributed by atoms with Gasteiger partial charge >= 0.3 is 0 Å². The number of hydrogen-bond acceptors (Lipinski definition) is 3. The first-order valence-electron chi connectivity index (χ1n) is 5.14. The van der Waals surface area contributed by atoms with Crippen LogP contribution in [-0.4, -0.2) is 16.3 Å². The fourth-order valence-corrected chi connectivity index (χ4v) is 2.02. The van der Waals surface area contributed by atoms with E-state index in [9.17, 15) is 14.4 Å². The van der Waals surface area contributed by atoms with Crippen molar-refractivity contribution < 1.29 is 9.59 Å². The van der Waals surface area contributed by atoms with Crippen LogP contribution in [0.4, 0.5) is 0 Å². The molecule has 1 aliphatic carbocycles. The summed E-state index contributed by atoms with van der Waals surface area (Å²) in [4.78, 5) is 34.0. The van der Waals surface area contributed by atoms with Crippen LogP contribution in [0.5, 0.6) is 0 Å². The highest BCUT2D eigenvalue weighted by atomic mass is 16.2. The zero-order valence-corrected chi connectivity index (χ0v) is 8.73. The normalized spacial score (nSPS) is 14.6. The second-order valence-electron chi connectivity index (χ2n) is 3.86. The van der Waals surface area contributed by atoms with E-state index in [0.717, 1.165) is 0 Å². The molecular formula is C11H12N2O3. The first-order chi connectivity index (χ1) is 7.59. The fourth-order valence-electron chi connectivity index (χ4n) is 2.02. The third-order valence-electron chi connectivity index (χ3n) is 2.73. The lowest BCUT2D eigenvalue weighted by molar-refractivity contribution is -0.118. The number of carbonyl (C=O) groups excluding carboxylic acids is 2. The van der Waals surface area contributed by atoms with Crippen LogP contribution in [-0.2, 0) is 17.8 Å². The van der Waals surface area contributed by atoms with Crippen molar-refractivity contribution in [3.05, 3.63) is 33.7 Å². The zero-order valence-electron chi connectivity index (χ0n) is 8.73. The highest BCUT2D eigenvalue weighted by Crippen LogP contribution is 2.19. The molecule has 1 aromatic heterocycles. The molecule has 1 amide bonds. The van der Waals surface area contributed by atoms with Crippen LogP contribution in [0, 0.1) is 0 Å². The van der Waals surface area contributed by atoms with Crippen molar-refractivity contribution in [2.75, 3.05) is 0 Å². The number of Topliss-reactive ketones (excluding diaryl/α,β-unsaturated/α-hetero) is 1. The second-order valence-corrected chi connectivity index (χ2v) is 3.86. The molecule has 0 saturated carbocycles. The van der Waals surface area contributed by atoms with E-state index in [1.54, 1.807) is 0 Å². The molecule has 2 rings (SSSR count). The molecule has 0 bridgehead atoms. The molecule has 5 nitrogen and oxygen atoms in total. The monoisotopic (exact) mass is 220 g/mol. The number of ketones is 1. The Bertz CT molecular complexity index is 516. The minimum atomic E-state index is -0.575. The van der Waals surface area contributed by atoms with E-state index in [4.69, 9.17) is 5.73 Å². The van der Waals surface area contributed by atoms with Crippen molar-refractivity contribution >= 4 is 11.7 Å². The molecule has 1 heterocycles. The molecule has 0 aliphatic heterocycles. The first kappa shape index (κ1) is 10.6. The van der Waals surface area contributed by atoms with Gasteiger partial charge in [-0.1, -0.05) is 0 Å². The second kappa shape index (κ2) is 3.92. The number of hydrogen-bond donors (Lipinski definition) is 1. The zero-order chi connectivity index (χ0) is 11.7. The van der Waals surface area contributed by atoms with E-state index in [0.29, 0.717) is 30.5 Å². The first-order valence-corrected chi connectivity index (χ1v) is 5.14. The predicted octanol–water partition coefficient (Wildman–Crippen LogP) is -0.147. The number of pyridine rings is 1. The third-order valence-corrected chi connectivity index (χ3v) is 2.73. The van der Waals surface area contributed by atoms with Gasteiger partial charge in [0.15, 0.2) is 5.78 Å². The van der Waals surface area contributed by atoms with Crippen molar-refractivity contribution in [3.8, 4) is 0 Å². The Balaban J connectivity index is 2.58. The SMILES string of the molecule is NC(=O)Cn1c2c(ccc1=O)C(=O)CCC2. The summed E-state index contributed by atoms with van der Waals surface area (Å²) < 4.78 is 1.30. The summed E-state index contributed by atoms with van der Waals surface area (Å²) in [6, 6.07) is 2.85. The number of carbonyl (C=O) groups is 2. The van der Waals surface area contributed by atoms with Crippen molar-refractivity contribution in [2.24, 2.45) is 5.73 Å². The van der Waals surface area contributed by atoms with E-state index < -0.39 is 5.91 Å². The molecular weight excluding hydrogens is 208 g/mol. The minimum Gasteiger partial charge on any atom is -0.368 e. The maximum atomic E-state index is 11.6. The van der Waals surface area contributed by atoms with Gasteiger partial charge in [-0.25, -0.2) is 0 Å². The lowest BCUT2D eigenvalue weighted by Gasteiger charge is -2.18. The van der Waals surface area contributed by atoms with Crippen LogP contribution in [0.25, 0.3) is 0 Å². The Kier molecular flexibility index (Phi) is 2.60. The molecule has 0 aromatic carbocycles. The topological polar surface area (TPSA) is 82.2 Å². The van der Waals surface area contributed by atoms with Gasteiger partial charge in [-0.3, -0.25) is 14.4 Å². The molecule has 84 valence electrons. The molecule has 0 unspecified atom stereocenters. The maximum Gasteiger partial charge on any atom is 0.251 e. The van der Waals surface area contributed by atoms with Crippen molar-refractivity contribution in [3.63, 3.8) is 0 Å². The molecule has 0 saturated heterocycles. The molecule has 2 N–H and O–H groups in total. The van der Waals surface area contributed by atoms with Crippen LogP contribution < -0.4 is 11.3 Å². The summed E-state index contributed by atoms with van der Waals surface area (Å²) in [5, 5.41) is 0. The summed E-state index contributed by atoms with van der Waals surface area (Å²) in [5.41, 5.74) is 5.98. The molecule has 0 spiro atoms. The average molecular weight is 220 g/mol. The van der Waals surface area contributed by atoms with Gasteiger partial charge in [-0.05, 0) is 18.9 Å². The fraction of sp³-hybridized carbons (Fsp3) is 0.364. The summed E-state index contributed by atoms with van der Waals surface area (Å²) in [6.45, 7) is -0.157. The largest absolute Gasteiger partial charge is 0.368 e. The third kappa shape index (κ3) is 1.76. The highest BCUT2D eigenvalue weighted by Gasteiger charge is 2.20. The molecule has 0 radical (unpaired) electrons. The number of nitrogens with two attached hydrogens (primary N) is 1. The molecule has 1 aromatic rings. The van der Waals surface area contributed by atoms with Crippen molar-refractivity contribution in [2.45, 2.75) is 25.8 Å². The number of fused-ring (bicyclic) bond motifs is 1. The smallest absolute Gasteiger partial charge is 0.251 e. The van der Waals surface area contributed by atoms with Gasteiger partial charge in [0, 0.05) is 23.7 Å². The van der Waals surface area contributed by atoms with E-state index >= 15 is 0 Å². The van der Waals surface area contributed by atoms with Gasteiger partial charge in [0.2, 0.25) is 5.91 Å². The van der Waals surface area contributed by atoms with E-state index in [-0.39, 0.29) is 17.9 Å². The van der Waals surface area contributed by atoms with Gasteiger partial charge < -0.3 is 10.3 Å². The number of amides is 1. The van der Waals surface area contributed by atoms with Crippen LogP contribution in [0.3, 0.4) is 0 Å². The predicted molar refractivity (Wildman–Crippen MR) is 57.2 cm³/mol. The summed E-state index contributed by atoms with van der Waals surface area (Å²) in [7, 11) is 0. The van der Waals surface area contributed by atoms with Crippen LogP contribution in [0.1, 0.15) is 28.9 Å². The Morgan fingerprint density at radius 2 is 2.06 bits per heavy atom. The molecule has 0 fully saturated rings. The number of primary amides is 1. The van der Waals surface area contributed by atoms with Crippen molar-refractivity contribution in [1.29, 1.82) is 0 Å². The minimum absolute atomic E-state index is 0.0273. The molecule has 1 aliphatic rings.